The van der Waals surface area contributed by atoms with E-state index in [9.17, 15) is 0 Å². The second-order valence-electron chi connectivity index (χ2n) is 7.76. The van der Waals surface area contributed by atoms with Gasteiger partial charge in [-0.25, -0.2) is 0 Å². The Hall–Kier alpha value is -0.650. The lowest BCUT2D eigenvalue weighted by Gasteiger charge is -2.50. The highest BCUT2D eigenvalue weighted by Crippen LogP contribution is 2.40. The molecule has 138 valence electrons. The smallest absolute Gasteiger partial charge is 0.0985 e. The lowest BCUT2D eigenvalue weighted by atomic mass is 9.81. The Bertz CT molecular complexity index is 553. The molecule has 1 aromatic carbocycles. The SMILES string of the molecule is Clc1ccc(CN2CC3(C2)OCC[C@@H]3COCC2CCOCC2)cc1. The fourth-order valence-electron chi connectivity index (χ4n) is 4.33. The van der Waals surface area contributed by atoms with Crippen LogP contribution in [0, 0.1) is 11.8 Å². The first-order valence-electron chi connectivity index (χ1n) is 9.50. The molecule has 25 heavy (non-hydrogen) atoms. The van der Waals surface area contributed by atoms with E-state index in [1.807, 2.05) is 12.1 Å². The number of nitrogens with zero attached hydrogens (tertiary/aromatic N) is 1. The Morgan fingerprint density at radius 1 is 1.04 bits per heavy atom. The molecular weight excluding hydrogens is 338 g/mol. The lowest BCUT2D eigenvalue weighted by Crippen LogP contribution is -2.64. The number of likely N-dealkylation sites (tertiary alicyclic amines) is 1. The molecule has 0 bridgehead atoms. The number of halogens is 1. The van der Waals surface area contributed by atoms with Crippen molar-refractivity contribution in [2.75, 3.05) is 46.1 Å². The first kappa shape index (κ1) is 17.7. The summed E-state index contributed by atoms with van der Waals surface area (Å²) in [4.78, 5) is 2.46. The van der Waals surface area contributed by atoms with Crippen molar-refractivity contribution in [3.63, 3.8) is 0 Å². The van der Waals surface area contributed by atoms with E-state index in [4.69, 9.17) is 25.8 Å². The number of hydrogen-bond donors (Lipinski definition) is 0. The van der Waals surface area contributed by atoms with Gasteiger partial charge in [0.25, 0.3) is 0 Å². The quantitative estimate of drug-likeness (QED) is 0.773. The topological polar surface area (TPSA) is 30.9 Å². The second kappa shape index (κ2) is 7.93. The van der Waals surface area contributed by atoms with Crippen LogP contribution in [0.5, 0.6) is 0 Å². The molecule has 3 aliphatic heterocycles. The van der Waals surface area contributed by atoms with Gasteiger partial charge in [0.2, 0.25) is 0 Å². The van der Waals surface area contributed by atoms with Gasteiger partial charge in [0.15, 0.2) is 0 Å². The van der Waals surface area contributed by atoms with Crippen LogP contribution < -0.4 is 0 Å². The minimum absolute atomic E-state index is 0.0299. The summed E-state index contributed by atoms with van der Waals surface area (Å²) in [5.74, 6) is 1.21. The molecule has 3 fully saturated rings. The Morgan fingerprint density at radius 2 is 1.80 bits per heavy atom. The van der Waals surface area contributed by atoms with Crippen molar-refractivity contribution < 1.29 is 14.2 Å². The van der Waals surface area contributed by atoms with Gasteiger partial charge in [-0.3, -0.25) is 4.90 Å². The summed E-state index contributed by atoms with van der Waals surface area (Å²) in [6.07, 6.45) is 3.41. The fourth-order valence-corrected chi connectivity index (χ4v) is 4.46. The number of benzene rings is 1. The van der Waals surface area contributed by atoms with Gasteiger partial charge in [-0.2, -0.15) is 0 Å². The van der Waals surface area contributed by atoms with Crippen LogP contribution in [0.15, 0.2) is 24.3 Å². The van der Waals surface area contributed by atoms with Crippen LogP contribution in [0.3, 0.4) is 0 Å². The minimum Gasteiger partial charge on any atom is -0.381 e. The first-order valence-corrected chi connectivity index (χ1v) is 9.88. The molecule has 0 radical (unpaired) electrons. The van der Waals surface area contributed by atoms with E-state index in [1.54, 1.807) is 0 Å². The summed E-state index contributed by atoms with van der Waals surface area (Å²) >= 11 is 5.96. The maximum atomic E-state index is 6.16. The average molecular weight is 366 g/mol. The van der Waals surface area contributed by atoms with Gasteiger partial charge >= 0.3 is 0 Å². The standard InChI is InChI=1S/C20H28ClNO3/c21-19-3-1-16(2-4-19)11-22-14-20(15-22)18(7-10-25-20)13-24-12-17-5-8-23-9-6-17/h1-4,17-18H,5-15H2/t18-/m1/s1. The third-order valence-corrected chi connectivity index (χ3v) is 6.17. The van der Waals surface area contributed by atoms with Crippen molar-refractivity contribution in [1.29, 1.82) is 0 Å². The summed E-state index contributed by atoms with van der Waals surface area (Å²) in [6.45, 7) is 7.38. The Morgan fingerprint density at radius 3 is 2.56 bits per heavy atom. The third kappa shape index (κ3) is 4.20. The number of ether oxygens (including phenoxy) is 3. The van der Waals surface area contributed by atoms with E-state index in [0.717, 1.165) is 77.0 Å². The van der Waals surface area contributed by atoms with Crippen LogP contribution >= 0.6 is 11.6 Å². The normalized spacial score (nSPS) is 26.8. The summed E-state index contributed by atoms with van der Waals surface area (Å²) in [6, 6.07) is 8.14. The van der Waals surface area contributed by atoms with Crippen LogP contribution in [0.4, 0.5) is 0 Å². The molecule has 3 heterocycles. The molecule has 3 aliphatic rings. The van der Waals surface area contributed by atoms with Crippen LogP contribution in [-0.4, -0.2) is 56.6 Å². The highest BCUT2D eigenvalue weighted by atomic mass is 35.5. The van der Waals surface area contributed by atoms with Gasteiger partial charge in [-0.1, -0.05) is 23.7 Å². The van der Waals surface area contributed by atoms with Gasteiger partial charge in [-0.15, -0.1) is 0 Å². The van der Waals surface area contributed by atoms with Crippen molar-refractivity contribution in [3.8, 4) is 0 Å². The van der Waals surface area contributed by atoms with Crippen LogP contribution in [-0.2, 0) is 20.8 Å². The molecule has 0 N–H and O–H groups in total. The molecule has 0 aromatic heterocycles. The molecule has 3 saturated heterocycles. The van der Waals surface area contributed by atoms with Crippen molar-refractivity contribution in [2.45, 2.75) is 31.4 Å². The highest BCUT2D eigenvalue weighted by molar-refractivity contribution is 6.30. The molecule has 4 nitrogen and oxygen atoms in total. The predicted molar refractivity (Wildman–Crippen MR) is 97.9 cm³/mol. The average Bonchev–Trinajstić information content (AvgIpc) is 3.01. The number of rotatable bonds is 6. The van der Waals surface area contributed by atoms with Crippen molar-refractivity contribution in [3.05, 3.63) is 34.9 Å². The minimum atomic E-state index is 0.0299. The maximum Gasteiger partial charge on any atom is 0.0985 e. The van der Waals surface area contributed by atoms with Gasteiger partial charge in [0.1, 0.15) is 0 Å². The van der Waals surface area contributed by atoms with E-state index in [2.05, 4.69) is 17.0 Å². The van der Waals surface area contributed by atoms with Gasteiger partial charge in [0, 0.05) is 57.0 Å². The largest absolute Gasteiger partial charge is 0.381 e. The molecule has 0 unspecified atom stereocenters. The molecule has 1 spiro atoms. The van der Waals surface area contributed by atoms with Gasteiger partial charge < -0.3 is 14.2 Å². The van der Waals surface area contributed by atoms with E-state index in [0.29, 0.717) is 11.8 Å². The van der Waals surface area contributed by atoms with Gasteiger partial charge in [-0.05, 0) is 42.9 Å². The zero-order valence-electron chi connectivity index (χ0n) is 14.8. The summed E-state index contributed by atoms with van der Waals surface area (Å²) < 4.78 is 17.7. The molecule has 1 aromatic rings. The molecule has 1 atom stereocenters. The lowest BCUT2D eigenvalue weighted by molar-refractivity contribution is -0.147. The molecule has 0 saturated carbocycles. The van der Waals surface area contributed by atoms with Crippen molar-refractivity contribution in [2.24, 2.45) is 11.8 Å². The third-order valence-electron chi connectivity index (χ3n) is 5.92. The van der Waals surface area contributed by atoms with E-state index in [-0.39, 0.29) is 5.60 Å². The summed E-state index contributed by atoms with van der Waals surface area (Å²) in [5, 5.41) is 0.796. The van der Waals surface area contributed by atoms with Crippen LogP contribution in [0.25, 0.3) is 0 Å². The Labute approximate surface area is 155 Å². The number of hydrogen-bond acceptors (Lipinski definition) is 4. The van der Waals surface area contributed by atoms with Gasteiger partial charge in [0.05, 0.1) is 12.2 Å². The summed E-state index contributed by atoms with van der Waals surface area (Å²) in [7, 11) is 0. The molecule has 5 heteroatoms. The molecule has 0 amide bonds. The first-order chi connectivity index (χ1) is 12.2. The van der Waals surface area contributed by atoms with E-state index < -0.39 is 0 Å². The maximum absolute atomic E-state index is 6.16. The Balaban J connectivity index is 1.22. The van der Waals surface area contributed by atoms with Crippen LogP contribution in [0.1, 0.15) is 24.8 Å². The van der Waals surface area contributed by atoms with Crippen molar-refractivity contribution in [1.82, 2.24) is 4.90 Å². The summed E-state index contributed by atoms with van der Waals surface area (Å²) in [5.41, 5.74) is 1.34. The zero-order valence-corrected chi connectivity index (χ0v) is 15.5. The van der Waals surface area contributed by atoms with Crippen molar-refractivity contribution >= 4 is 11.6 Å². The van der Waals surface area contributed by atoms with E-state index >= 15 is 0 Å². The highest BCUT2D eigenvalue weighted by Gasteiger charge is 2.52. The molecule has 4 rings (SSSR count). The van der Waals surface area contributed by atoms with Crippen LogP contribution in [0.2, 0.25) is 5.02 Å². The predicted octanol–water partition coefficient (Wildman–Crippen LogP) is 3.37. The monoisotopic (exact) mass is 365 g/mol. The van der Waals surface area contributed by atoms with E-state index in [1.165, 1.54) is 5.56 Å². The molecule has 0 aliphatic carbocycles. The fraction of sp³-hybridized carbons (Fsp3) is 0.700. The Kier molecular flexibility index (Phi) is 5.63. The molecular formula is C20H28ClNO3. The zero-order chi connectivity index (χ0) is 17.1. The second-order valence-corrected chi connectivity index (χ2v) is 8.20.